The molecule has 1 aliphatic heterocycles. The minimum absolute atomic E-state index is 0. The van der Waals surface area contributed by atoms with E-state index in [0.717, 1.165) is 50.7 Å². The molecule has 0 amide bonds. The molecule has 1 saturated heterocycles. The third-order valence-corrected chi connectivity index (χ3v) is 4.21. The molecule has 2 aromatic rings. The fourth-order valence-corrected chi connectivity index (χ4v) is 2.93. The van der Waals surface area contributed by atoms with Crippen molar-refractivity contribution in [1.29, 1.82) is 0 Å². The fourth-order valence-electron chi connectivity index (χ4n) is 2.93. The molecule has 0 radical (unpaired) electrons. The average Bonchev–Trinajstić information content (AvgIpc) is 3.14. The highest BCUT2D eigenvalue weighted by atomic mass is 127. The molecule has 25 heavy (non-hydrogen) atoms. The van der Waals surface area contributed by atoms with Crippen LogP contribution in [0.15, 0.2) is 54.0 Å². The second-order valence-electron chi connectivity index (χ2n) is 5.89. The molecule has 3 rings (SSSR count). The van der Waals surface area contributed by atoms with Gasteiger partial charge in [0.05, 0.1) is 6.33 Å². The lowest BCUT2D eigenvalue weighted by Crippen LogP contribution is -2.48. The zero-order valence-corrected chi connectivity index (χ0v) is 16.9. The van der Waals surface area contributed by atoms with Crippen molar-refractivity contribution >= 4 is 29.9 Å². The van der Waals surface area contributed by atoms with Crippen LogP contribution in [0.2, 0.25) is 0 Å². The van der Waals surface area contributed by atoms with E-state index in [-0.39, 0.29) is 30.1 Å². The van der Waals surface area contributed by atoms with Gasteiger partial charge in [0.1, 0.15) is 11.9 Å². The summed E-state index contributed by atoms with van der Waals surface area (Å²) in [5.74, 6) is 1.92. The number of guanidine groups is 1. The second-order valence-corrected chi connectivity index (χ2v) is 5.89. The van der Waals surface area contributed by atoms with Gasteiger partial charge in [0.2, 0.25) is 0 Å². The van der Waals surface area contributed by atoms with E-state index < -0.39 is 0 Å². The first-order chi connectivity index (χ1) is 11.8. The molecule has 1 fully saturated rings. The van der Waals surface area contributed by atoms with Gasteiger partial charge in [0.15, 0.2) is 5.96 Å². The summed E-state index contributed by atoms with van der Waals surface area (Å²) < 4.78 is 8.11. The van der Waals surface area contributed by atoms with Crippen molar-refractivity contribution in [2.45, 2.75) is 25.5 Å². The van der Waals surface area contributed by atoms with Crippen LogP contribution in [0.25, 0.3) is 0 Å². The molecule has 1 aliphatic rings. The van der Waals surface area contributed by atoms with Crippen molar-refractivity contribution < 1.29 is 4.74 Å². The zero-order chi connectivity index (χ0) is 16.6. The summed E-state index contributed by atoms with van der Waals surface area (Å²) >= 11 is 0. The van der Waals surface area contributed by atoms with Crippen LogP contribution in [-0.4, -0.2) is 53.2 Å². The number of para-hydroxylation sites is 1. The predicted molar refractivity (Wildman–Crippen MR) is 111 cm³/mol. The SMILES string of the molecule is CN=C(NCCn1ccnc1)N1CCC(Oc2ccccc2)CC1.I. The Morgan fingerprint density at radius 2 is 2.04 bits per heavy atom. The average molecular weight is 455 g/mol. The van der Waals surface area contributed by atoms with Gasteiger partial charge in [-0.2, -0.15) is 0 Å². The Bertz CT molecular complexity index is 624. The molecule has 0 saturated carbocycles. The highest BCUT2D eigenvalue weighted by molar-refractivity contribution is 14.0. The van der Waals surface area contributed by atoms with E-state index in [9.17, 15) is 0 Å². The van der Waals surface area contributed by atoms with E-state index in [1.807, 2.05) is 49.9 Å². The van der Waals surface area contributed by atoms with E-state index in [1.54, 1.807) is 6.20 Å². The van der Waals surface area contributed by atoms with Gasteiger partial charge in [0.25, 0.3) is 0 Å². The molecule has 0 aliphatic carbocycles. The van der Waals surface area contributed by atoms with Crippen molar-refractivity contribution in [3.63, 3.8) is 0 Å². The standard InChI is InChI=1S/C18H25N5O.HI/c1-19-18(21-10-14-22-13-9-20-15-22)23-11-7-17(8-12-23)24-16-5-3-2-4-6-16;/h2-6,9,13,15,17H,7-8,10-12,14H2,1H3,(H,19,21);1H. The first-order valence-electron chi connectivity index (χ1n) is 8.48. The minimum atomic E-state index is 0. The summed E-state index contributed by atoms with van der Waals surface area (Å²) in [6.07, 6.45) is 7.90. The number of halogens is 1. The minimum Gasteiger partial charge on any atom is -0.490 e. The number of aliphatic imine (C=N–C) groups is 1. The fraction of sp³-hybridized carbons (Fsp3) is 0.444. The third-order valence-electron chi connectivity index (χ3n) is 4.21. The number of nitrogens with one attached hydrogen (secondary N) is 1. The topological polar surface area (TPSA) is 54.7 Å². The number of hydrogen-bond acceptors (Lipinski definition) is 3. The van der Waals surface area contributed by atoms with Gasteiger partial charge >= 0.3 is 0 Å². The van der Waals surface area contributed by atoms with Crippen molar-refractivity contribution in [2.75, 3.05) is 26.7 Å². The number of likely N-dealkylation sites (tertiary alicyclic amines) is 1. The summed E-state index contributed by atoms with van der Waals surface area (Å²) in [6.45, 7) is 3.64. The number of rotatable bonds is 5. The van der Waals surface area contributed by atoms with Crippen LogP contribution in [0.1, 0.15) is 12.8 Å². The number of nitrogens with zero attached hydrogens (tertiary/aromatic N) is 4. The van der Waals surface area contributed by atoms with Crippen LogP contribution in [-0.2, 0) is 6.54 Å². The zero-order valence-electron chi connectivity index (χ0n) is 14.5. The molecule has 7 heteroatoms. The molecule has 2 heterocycles. The lowest BCUT2D eigenvalue weighted by molar-refractivity contribution is 0.129. The number of aromatic nitrogens is 2. The van der Waals surface area contributed by atoms with Gasteiger partial charge in [0, 0.05) is 58.5 Å². The largest absolute Gasteiger partial charge is 0.490 e. The summed E-state index contributed by atoms with van der Waals surface area (Å²) in [7, 11) is 1.84. The number of imidazole rings is 1. The molecule has 1 aromatic heterocycles. The monoisotopic (exact) mass is 455 g/mol. The highest BCUT2D eigenvalue weighted by Crippen LogP contribution is 2.18. The van der Waals surface area contributed by atoms with Gasteiger partial charge < -0.3 is 19.5 Å². The molecule has 0 spiro atoms. The van der Waals surface area contributed by atoms with E-state index in [2.05, 4.69) is 24.8 Å². The van der Waals surface area contributed by atoms with Crippen molar-refractivity contribution in [1.82, 2.24) is 19.8 Å². The van der Waals surface area contributed by atoms with Crippen LogP contribution in [0, 0.1) is 0 Å². The van der Waals surface area contributed by atoms with Crippen molar-refractivity contribution in [3.8, 4) is 5.75 Å². The maximum Gasteiger partial charge on any atom is 0.193 e. The number of ether oxygens (including phenoxy) is 1. The van der Waals surface area contributed by atoms with E-state index in [1.165, 1.54) is 0 Å². The Labute approximate surface area is 166 Å². The van der Waals surface area contributed by atoms with Crippen LogP contribution in [0.3, 0.4) is 0 Å². The van der Waals surface area contributed by atoms with Crippen LogP contribution < -0.4 is 10.1 Å². The quantitative estimate of drug-likeness (QED) is 0.428. The first-order valence-corrected chi connectivity index (χ1v) is 8.48. The Hall–Kier alpha value is -1.77. The van der Waals surface area contributed by atoms with E-state index in [4.69, 9.17) is 4.74 Å². The maximum atomic E-state index is 6.05. The van der Waals surface area contributed by atoms with Gasteiger partial charge in [-0.1, -0.05) is 18.2 Å². The number of hydrogen-bond donors (Lipinski definition) is 1. The Balaban J connectivity index is 0.00000225. The van der Waals surface area contributed by atoms with Crippen LogP contribution in [0.4, 0.5) is 0 Å². The third kappa shape index (κ3) is 5.91. The first kappa shape index (κ1) is 19.6. The number of piperidine rings is 1. The van der Waals surface area contributed by atoms with Gasteiger partial charge in [-0.3, -0.25) is 4.99 Å². The van der Waals surface area contributed by atoms with Gasteiger partial charge in [-0.25, -0.2) is 4.98 Å². The smallest absolute Gasteiger partial charge is 0.193 e. The second kappa shape index (κ2) is 10.3. The summed E-state index contributed by atoms with van der Waals surface area (Å²) in [5.41, 5.74) is 0. The molecule has 0 atom stereocenters. The van der Waals surface area contributed by atoms with Crippen molar-refractivity contribution in [3.05, 3.63) is 49.1 Å². The molecule has 0 unspecified atom stereocenters. The van der Waals surface area contributed by atoms with Crippen molar-refractivity contribution in [2.24, 2.45) is 4.99 Å². The summed E-state index contributed by atoms with van der Waals surface area (Å²) in [4.78, 5) is 10.8. The van der Waals surface area contributed by atoms with Gasteiger partial charge in [-0.05, 0) is 12.1 Å². The number of benzene rings is 1. The maximum absolute atomic E-state index is 6.05. The summed E-state index contributed by atoms with van der Waals surface area (Å²) in [6, 6.07) is 10.1. The summed E-state index contributed by atoms with van der Waals surface area (Å²) in [5, 5.41) is 3.43. The normalized spacial score (nSPS) is 15.6. The molecule has 6 nitrogen and oxygen atoms in total. The predicted octanol–water partition coefficient (Wildman–Crippen LogP) is 2.62. The van der Waals surface area contributed by atoms with E-state index in [0.29, 0.717) is 0 Å². The van der Waals surface area contributed by atoms with Crippen LogP contribution in [0.5, 0.6) is 5.75 Å². The molecule has 1 aromatic carbocycles. The Morgan fingerprint density at radius 3 is 2.68 bits per heavy atom. The highest BCUT2D eigenvalue weighted by Gasteiger charge is 2.22. The van der Waals surface area contributed by atoms with Gasteiger partial charge in [-0.15, -0.1) is 24.0 Å². The van der Waals surface area contributed by atoms with Crippen LogP contribution >= 0.6 is 24.0 Å². The Kier molecular flexibility index (Phi) is 8.03. The molecule has 1 N–H and O–H groups in total. The molecular formula is C18H26IN5O. The van der Waals surface area contributed by atoms with E-state index >= 15 is 0 Å². The molecule has 136 valence electrons. The lowest BCUT2D eigenvalue weighted by atomic mass is 10.1. The molecular weight excluding hydrogens is 429 g/mol. The Morgan fingerprint density at radius 1 is 1.28 bits per heavy atom. The molecule has 0 bridgehead atoms. The lowest BCUT2D eigenvalue weighted by Gasteiger charge is -2.34.